The van der Waals surface area contributed by atoms with E-state index in [1.54, 1.807) is 30.3 Å². The largest absolute Gasteiger partial charge is 0.385 e. The van der Waals surface area contributed by atoms with Crippen molar-refractivity contribution >= 4 is 23.5 Å². The number of aliphatic hydroxyl groups excluding tert-OH is 1. The average molecular weight is 353 g/mol. The number of amides is 4. The molecule has 1 fully saturated rings. The van der Waals surface area contributed by atoms with Gasteiger partial charge in [0.2, 0.25) is 5.91 Å². The number of imide groups is 1. The Balaban J connectivity index is 1.89. The molecule has 2 aromatic carbocycles. The number of anilines is 1. The predicted molar refractivity (Wildman–Crippen MR) is 96.2 cm³/mol. The van der Waals surface area contributed by atoms with Gasteiger partial charge in [-0.25, -0.2) is 4.79 Å². The molecule has 1 aliphatic rings. The molecule has 1 saturated heterocycles. The van der Waals surface area contributed by atoms with Gasteiger partial charge in [0.05, 0.1) is 0 Å². The first-order valence-corrected chi connectivity index (χ1v) is 8.10. The van der Waals surface area contributed by atoms with Crippen LogP contribution in [-0.4, -0.2) is 28.5 Å². The van der Waals surface area contributed by atoms with Crippen molar-refractivity contribution in [2.24, 2.45) is 0 Å². The fourth-order valence-corrected chi connectivity index (χ4v) is 2.96. The Morgan fingerprint density at radius 1 is 1.12 bits per heavy atom. The topological polar surface area (TPSA) is 108 Å². The molecular weight excluding hydrogens is 334 g/mol. The quantitative estimate of drug-likeness (QED) is 0.630. The van der Waals surface area contributed by atoms with Crippen molar-refractivity contribution in [1.29, 1.82) is 0 Å². The van der Waals surface area contributed by atoms with Gasteiger partial charge in [-0.3, -0.25) is 14.9 Å². The van der Waals surface area contributed by atoms with Crippen LogP contribution < -0.4 is 16.0 Å². The van der Waals surface area contributed by atoms with Crippen LogP contribution in [0.15, 0.2) is 48.5 Å². The molecule has 1 heterocycles. The third-order valence-electron chi connectivity index (χ3n) is 4.39. The third kappa shape index (κ3) is 3.16. The van der Waals surface area contributed by atoms with Crippen LogP contribution in [0.25, 0.3) is 11.1 Å². The fourth-order valence-electron chi connectivity index (χ4n) is 2.96. The third-order valence-corrected chi connectivity index (χ3v) is 4.39. The van der Waals surface area contributed by atoms with Crippen LogP contribution in [-0.2, 0) is 9.59 Å². The smallest absolute Gasteiger partial charge is 0.322 e. The Bertz CT molecular complexity index is 879. The van der Waals surface area contributed by atoms with Crippen molar-refractivity contribution in [3.63, 3.8) is 0 Å². The first kappa shape index (κ1) is 17.6. The summed E-state index contributed by atoms with van der Waals surface area (Å²) < 4.78 is 0. The zero-order valence-electron chi connectivity index (χ0n) is 14.4. The number of carbonyl (C=O) groups excluding carboxylic acids is 3. The zero-order chi connectivity index (χ0) is 18.9. The number of para-hydroxylation sites is 1. The summed E-state index contributed by atoms with van der Waals surface area (Å²) in [6.07, 6.45) is -1.20. The van der Waals surface area contributed by atoms with Gasteiger partial charge in [0.15, 0.2) is 0 Å². The molecule has 2 unspecified atom stereocenters. The van der Waals surface area contributed by atoms with Crippen molar-refractivity contribution < 1.29 is 19.5 Å². The Morgan fingerprint density at radius 3 is 2.35 bits per heavy atom. The molecule has 26 heavy (non-hydrogen) atoms. The number of benzene rings is 2. The number of hydrogen-bond acceptors (Lipinski definition) is 4. The average Bonchev–Trinajstić information content (AvgIpc) is 2.87. The number of carbonyl (C=O) groups is 3. The van der Waals surface area contributed by atoms with Crippen LogP contribution in [0.4, 0.5) is 10.5 Å². The number of hydrogen-bond donors (Lipinski definition) is 4. The highest BCUT2D eigenvalue weighted by Gasteiger charge is 2.48. The highest BCUT2D eigenvalue weighted by atomic mass is 16.3. The van der Waals surface area contributed by atoms with E-state index in [2.05, 4.69) is 16.0 Å². The highest BCUT2D eigenvalue weighted by molar-refractivity contribution is 6.07. The molecule has 0 saturated carbocycles. The van der Waals surface area contributed by atoms with E-state index in [0.29, 0.717) is 11.3 Å². The first-order chi connectivity index (χ1) is 12.3. The predicted octanol–water partition coefficient (Wildman–Crippen LogP) is 1.94. The van der Waals surface area contributed by atoms with Crippen molar-refractivity contribution in [2.45, 2.75) is 25.5 Å². The summed E-state index contributed by atoms with van der Waals surface area (Å²) in [6.45, 7) is 2.91. The number of urea groups is 1. The van der Waals surface area contributed by atoms with Gasteiger partial charge in [0, 0.05) is 18.2 Å². The van der Waals surface area contributed by atoms with Crippen LogP contribution in [0.1, 0.15) is 25.5 Å². The lowest BCUT2D eigenvalue weighted by atomic mass is 9.88. The Labute approximate surface area is 150 Å². The molecule has 4 N–H and O–H groups in total. The molecule has 2 aromatic rings. The maximum atomic E-state index is 12.0. The van der Waals surface area contributed by atoms with E-state index in [1.165, 1.54) is 13.8 Å². The van der Waals surface area contributed by atoms with Crippen molar-refractivity contribution in [3.05, 3.63) is 54.1 Å². The van der Waals surface area contributed by atoms with Gasteiger partial charge >= 0.3 is 6.03 Å². The van der Waals surface area contributed by atoms with E-state index in [0.717, 1.165) is 11.1 Å². The van der Waals surface area contributed by atoms with E-state index < -0.39 is 23.6 Å². The molecule has 7 heteroatoms. The maximum absolute atomic E-state index is 12.0. The molecule has 4 amide bonds. The molecule has 2 atom stereocenters. The lowest BCUT2D eigenvalue weighted by Crippen LogP contribution is -2.49. The minimum atomic E-state index is -1.42. The highest BCUT2D eigenvalue weighted by Crippen LogP contribution is 2.32. The first-order valence-electron chi connectivity index (χ1n) is 8.10. The minimum absolute atomic E-state index is 0.166. The second-order valence-electron chi connectivity index (χ2n) is 6.36. The van der Waals surface area contributed by atoms with Gasteiger partial charge in [-0.1, -0.05) is 42.5 Å². The molecule has 0 aromatic heterocycles. The SMILES string of the molecule is CC(=O)Nc1ccccc1-c1ccc(C(O)C2(C)NC(=O)NC2=O)cc1. The van der Waals surface area contributed by atoms with Crippen LogP contribution in [0.3, 0.4) is 0 Å². The Morgan fingerprint density at radius 2 is 1.77 bits per heavy atom. The molecule has 0 bridgehead atoms. The second-order valence-corrected chi connectivity index (χ2v) is 6.36. The molecule has 3 rings (SSSR count). The minimum Gasteiger partial charge on any atom is -0.385 e. The van der Waals surface area contributed by atoms with Crippen LogP contribution >= 0.6 is 0 Å². The van der Waals surface area contributed by atoms with Gasteiger partial charge in [0.25, 0.3) is 5.91 Å². The molecule has 134 valence electrons. The summed E-state index contributed by atoms with van der Waals surface area (Å²) in [7, 11) is 0. The van der Waals surface area contributed by atoms with Gasteiger partial charge in [-0.2, -0.15) is 0 Å². The number of nitrogens with one attached hydrogen (secondary N) is 3. The monoisotopic (exact) mass is 353 g/mol. The maximum Gasteiger partial charge on any atom is 0.322 e. The molecule has 1 aliphatic heterocycles. The van der Waals surface area contributed by atoms with Gasteiger partial charge in [-0.15, -0.1) is 0 Å². The summed E-state index contributed by atoms with van der Waals surface area (Å²) in [5, 5.41) is 17.9. The van der Waals surface area contributed by atoms with Crippen molar-refractivity contribution in [2.75, 3.05) is 5.32 Å². The van der Waals surface area contributed by atoms with Crippen molar-refractivity contribution in [3.8, 4) is 11.1 Å². The fraction of sp³-hybridized carbons (Fsp3) is 0.211. The standard InChI is InChI=1S/C19H19N3O4/c1-11(23)20-15-6-4-3-5-14(15)12-7-9-13(10-8-12)16(24)19(2)17(25)21-18(26)22-19/h3-10,16,24H,1-2H3,(H,20,23)(H2,21,22,25,26). The lowest BCUT2D eigenvalue weighted by molar-refractivity contribution is -0.127. The van der Waals surface area contributed by atoms with Gasteiger partial charge < -0.3 is 15.7 Å². The summed E-state index contributed by atoms with van der Waals surface area (Å²) >= 11 is 0. The molecular formula is C19H19N3O4. The molecule has 0 spiro atoms. The second kappa shape index (κ2) is 6.61. The van der Waals surface area contributed by atoms with Crippen molar-refractivity contribution in [1.82, 2.24) is 10.6 Å². The van der Waals surface area contributed by atoms with Crippen LogP contribution in [0, 0.1) is 0 Å². The molecule has 0 radical (unpaired) electrons. The van der Waals surface area contributed by atoms with E-state index in [4.69, 9.17) is 0 Å². The van der Waals surface area contributed by atoms with Gasteiger partial charge in [-0.05, 0) is 24.1 Å². The van der Waals surface area contributed by atoms with Crippen LogP contribution in [0.2, 0.25) is 0 Å². The Hall–Kier alpha value is -3.19. The summed E-state index contributed by atoms with van der Waals surface area (Å²) in [4.78, 5) is 34.7. The van der Waals surface area contributed by atoms with E-state index in [1.807, 2.05) is 18.2 Å². The van der Waals surface area contributed by atoms with E-state index in [-0.39, 0.29) is 5.91 Å². The van der Waals surface area contributed by atoms with Crippen LogP contribution in [0.5, 0.6) is 0 Å². The Kier molecular flexibility index (Phi) is 4.48. The normalized spacial score (nSPS) is 20.3. The number of aliphatic hydroxyl groups is 1. The summed E-state index contributed by atoms with van der Waals surface area (Å²) in [5.74, 6) is -0.740. The number of rotatable bonds is 4. The molecule has 0 aliphatic carbocycles. The van der Waals surface area contributed by atoms with E-state index >= 15 is 0 Å². The summed E-state index contributed by atoms with van der Waals surface area (Å²) in [6, 6.07) is 13.7. The zero-order valence-corrected chi connectivity index (χ0v) is 14.4. The molecule has 7 nitrogen and oxygen atoms in total. The lowest BCUT2D eigenvalue weighted by Gasteiger charge is -2.27. The van der Waals surface area contributed by atoms with Gasteiger partial charge in [0.1, 0.15) is 11.6 Å². The summed E-state index contributed by atoms with van der Waals surface area (Å²) in [5.41, 5.74) is 1.43. The van der Waals surface area contributed by atoms with E-state index in [9.17, 15) is 19.5 Å².